The lowest BCUT2D eigenvalue weighted by Crippen LogP contribution is -2.37. The number of nitrogen functional groups attached to an aromatic ring is 1. The number of aromatic nitrogens is 2. The molecule has 0 saturated carbocycles. The van der Waals surface area contributed by atoms with Gasteiger partial charge in [-0.1, -0.05) is 0 Å². The summed E-state index contributed by atoms with van der Waals surface area (Å²) in [4.78, 5) is 13.5. The van der Waals surface area contributed by atoms with Gasteiger partial charge < -0.3 is 16.0 Å². The topological polar surface area (TPSA) is 70.3 Å². The Morgan fingerprint density at radius 3 is 2.90 bits per heavy atom. The number of nitrogens with two attached hydrogens (primary N) is 1. The van der Waals surface area contributed by atoms with Gasteiger partial charge in [0.1, 0.15) is 11.6 Å². The van der Waals surface area contributed by atoms with Crippen LogP contribution in [0.15, 0.2) is 6.07 Å². The van der Waals surface area contributed by atoms with E-state index in [4.69, 9.17) is 5.73 Å². The summed E-state index contributed by atoms with van der Waals surface area (Å²) in [5, 5.41) is 3.22. The minimum atomic E-state index is 0.348. The van der Waals surface area contributed by atoms with Crippen LogP contribution in [0.4, 0.5) is 17.6 Å². The Hall–Kier alpha value is -1.56. The molecule has 110 valence electrons. The molecule has 20 heavy (non-hydrogen) atoms. The molecule has 0 aliphatic carbocycles. The van der Waals surface area contributed by atoms with Crippen LogP contribution in [-0.4, -0.2) is 53.6 Å². The molecule has 3 heterocycles. The Kier molecular flexibility index (Phi) is 3.65. The molecular weight excluding hydrogens is 252 g/mol. The fourth-order valence-corrected chi connectivity index (χ4v) is 3.40. The highest BCUT2D eigenvalue weighted by Crippen LogP contribution is 2.30. The van der Waals surface area contributed by atoms with E-state index in [9.17, 15) is 0 Å². The second kappa shape index (κ2) is 5.44. The number of hydrogen-bond acceptors (Lipinski definition) is 6. The first-order valence-electron chi connectivity index (χ1n) is 7.52. The van der Waals surface area contributed by atoms with Crippen molar-refractivity contribution in [1.82, 2.24) is 14.9 Å². The van der Waals surface area contributed by atoms with Gasteiger partial charge in [0.2, 0.25) is 5.95 Å². The third-order valence-electron chi connectivity index (χ3n) is 4.56. The summed E-state index contributed by atoms with van der Waals surface area (Å²) in [5.74, 6) is 2.12. The fourth-order valence-electron chi connectivity index (χ4n) is 3.40. The lowest BCUT2D eigenvalue weighted by molar-refractivity contribution is 0.254. The second-order valence-electron chi connectivity index (χ2n) is 5.79. The molecule has 2 bridgehead atoms. The molecule has 0 aromatic carbocycles. The van der Waals surface area contributed by atoms with Gasteiger partial charge in [-0.15, -0.1) is 0 Å². The quantitative estimate of drug-likeness (QED) is 0.863. The summed E-state index contributed by atoms with van der Waals surface area (Å²) in [7, 11) is 2.25. The van der Waals surface area contributed by atoms with Gasteiger partial charge in [-0.2, -0.15) is 9.97 Å². The van der Waals surface area contributed by atoms with Crippen LogP contribution in [0.25, 0.3) is 0 Å². The third kappa shape index (κ3) is 2.52. The summed E-state index contributed by atoms with van der Waals surface area (Å²) < 4.78 is 0. The second-order valence-corrected chi connectivity index (χ2v) is 5.79. The normalized spacial score (nSPS) is 26.6. The van der Waals surface area contributed by atoms with Gasteiger partial charge in [0.15, 0.2) is 0 Å². The van der Waals surface area contributed by atoms with Crippen LogP contribution in [0.1, 0.15) is 26.2 Å². The van der Waals surface area contributed by atoms with E-state index in [2.05, 4.69) is 39.1 Å². The zero-order valence-corrected chi connectivity index (χ0v) is 12.3. The molecule has 2 saturated heterocycles. The highest BCUT2D eigenvalue weighted by atomic mass is 15.3. The van der Waals surface area contributed by atoms with Crippen molar-refractivity contribution in [3.63, 3.8) is 0 Å². The summed E-state index contributed by atoms with van der Waals surface area (Å²) in [5.41, 5.74) is 5.84. The minimum absolute atomic E-state index is 0.348. The van der Waals surface area contributed by atoms with E-state index in [-0.39, 0.29) is 0 Å². The SMILES string of the molecule is CCNc1cc(N2CCC3CCC(C2)N3C)nc(N)n1. The van der Waals surface area contributed by atoms with Crippen molar-refractivity contribution in [2.75, 3.05) is 42.6 Å². The molecule has 0 amide bonds. The van der Waals surface area contributed by atoms with Crippen molar-refractivity contribution in [3.05, 3.63) is 6.07 Å². The summed E-state index contributed by atoms with van der Waals surface area (Å²) in [6.07, 6.45) is 3.83. The summed E-state index contributed by atoms with van der Waals surface area (Å²) >= 11 is 0. The number of rotatable bonds is 3. The van der Waals surface area contributed by atoms with E-state index < -0.39 is 0 Å². The predicted octanol–water partition coefficient (Wildman–Crippen LogP) is 1.16. The van der Waals surface area contributed by atoms with Gasteiger partial charge in [-0.05, 0) is 33.2 Å². The smallest absolute Gasteiger partial charge is 0.223 e. The Balaban J connectivity index is 1.82. The third-order valence-corrected chi connectivity index (χ3v) is 4.56. The van der Waals surface area contributed by atoms with Crippen LogP contribution in [0.2, 0.25) is 0 Å². The first-order chi connectivity index (χ1) is 9.67. The van der Waals surface area contributed by atoms with E-state index in [0.29, 0.717) is 12.0 Å². The maximum atomic E-state index is 5.84. The van der Waals surface area contributed by atoms with Crippen molar-refractivity contribution in [3.8, 4) is 0 Å². The van der Waals surface area contributed by atoms with Gasteiger partial charge in [0.25, 0.3) is 0 Å². The van der Waals surface area contributed by atoms with Crippen molar-refractivity contribution in [2.45, 2.75) is 38.3 Å². The first-order valence-corrected chi connectivity index (χ1v) is 7.52. The molecule has 6 nitrogen and oxygen atoms in total. The van der Waals surface area contributed by atoms with Crippen LogP contribution in [0.5, 0.6) is 0 Å². The maximum Gasteiger partial charge on any atom is 0.223 e. The number of nitrogens with zero attached hydrogens (tertiary/aromatic N) is 4. The predicted molar refractivity (Wildman–Crippen MR) is 82.0 cm³/mol. The average molecular weight is 276 g/mol. The van der Waals surface area contributed by atoms with Crippen molar-refractivity contribution in [2.24, 2.45) is 0 Å². The largest absolute Gasteiger partial charge is 0.370 e. The van der Waals surface area contributed by atoms with Gasteiger partial charge in [0.05, 0.1) is 0 Å². The average Bonchev–Trinajstić information content (AvgIpc) is 2.62. The Labute approximate surface area is 120 Å². The van der Waals surface area contributed by atoms with Crippen LogP contribution in [0, 0.1) is 0 Å². The highest BCUT2D eigenvalue weighted by Gasteiger charge is 2.35. The number of nitrogens with one attached hydrogen (secondary N) is 1. The Morgan fingerprint density at radius 2 is 2.10 bits per heavy atom. The van der Waals surface area contributed by atoms with Crippen molar-refractivity contribution in [1.29, 1.82) is 0 Å². The molecule has 2 fully saturated rings. The van der Waals surface area contributed by atoms with Gasteiger partial charge in [-0.3, -0.25) is 4.90 Å². The first kappa shape index (κ1) is 13.4. The Morgan fingerprint density at radius 1 is 1.30 bits per heavy atom. The van der Waals surface area contributed by atoms with E-state index >= 15 is 0 Å². The summed E-state index contributed by atoms with van der Waals surface area (Å²) in [6.45, 7) is 4.98. The molecule has 1 aromatic heterocycles. The van der Waals surface area contributed by atoms with Gasteiger partial charge in [0, 0.05) is 37.8 Å². The molecule has 2 unspecified atom stereocenters. The van der Waals surface area contributed by atoms with Crippen LogP contribution < -0.4 is 16.0 Å². The number of fused-ring (bicyclic) bond motifs is 2. The molecule has 1 aromatic rings. The fraction of sp³-hybridized carbons (Fsp3) is 0.714. The number of hydrogen-bond donors (Lipinski definition) is 2. The molecule has 0 radical (unpaired) electrons. The van der Waals surface area contributed by atoms with Crippen molar-refractivity contribution < 1.29 is 0 Å². The van der Waals surface area contributed by atoms with Crippen LogP contribution >= 0.6 is 0 Å². The highest BCUT2D eigenvalue weighted by molar-refractivity contribution is 5.53. The molecule has 0 spiro atoms. The molecule has 3 N–H and O–H groups in total. The maximum absolute atomic E-state index is 5.84. The lowest BCUT2D eigenvalue weighted by Gasteiger charge is -2.27. The van der Waals surface area contributed by atoms with Gasteiger partial charge >= 0.3 is 0 Å². The zero-order chi connectivity index (χ0) is 14.1. The molecule has 2 aliphatic heterocycles. The molecule has 2 atom stereocenters. The number of anilines is 3. The minimum Gasteiger partial charge on any atom is -0.370 e. The zero-order valence-electron chi connectivity index (χ0n) is 12.3. The van der Waals surface area contributed by atoms with E-state index in [1.807, 2.05) is 6.07 Å². The van der Waals surface area contributed by atoms with Gasteiger partial charge in [-0.25, -0.2) is 0 Å². The van der Waals surface area contributed by atoms with Crippen LogP contribution in [0.3, 0.4) is 0 Å². The summed E-state index contributed by atoms with van der Waals surface area (Å²) in [6, 6.07) is 3.39. The molecular formula is C14H24N6. The van der Waals surface area contributed by atoms with Crippen molar-refractivity contribution >= 4 is 17.6 Å². The molecule has 3 rings (SSSR count). The van der Waals surface area contributed by atoms with E-state index in [0.717, 1.165) is 37.3 Å². The molecule has 2 aliphatic rings. The Bertz CT molecular complexity index is 477. The monoisotopic (exact) mass is 276 g/mol. The standard InChI is InChI=1S/C14H24N6/c1-3-16-12-8-13(18-14(15)17-12)20-7-6-10-4-5-11(9-20)19(10)2/h8,10-11H,3-7,9H2,1-2H3,(H3,15,16,17,18). The van der Waals surface area contributed by atoms with E-state index in [1.165, 1.54) is 19.3 Å². The lowest BCUT2D eigenvalue weighted by atomic mass is 10.1. The van der Waals surface area contributed by atoms with Crippen LogP contribution in [-0.2, 0) is 0 Å². The molecule has 6 heteroatoms. The number of likely N-dealkylation sites (N-methyl/N-ethyl adjacent to an activating group) is 1. The van der Waals surface area contributed by atoms with E-state index in [1.54, 1.807) is 0 Å².